The maximum atomic E-state index is 5.73. The van der Waals surface area contributed by atoms with Crippen molar-refractivity contribution in [3.8, 4) is 5.75 Å². The Labute approximate surface area is 83.1 Å². The zero-order valence-electron chi connectivity index (χ0n) is 8.66. The molecule has 0 saturated carbocycles. The fourth-order valence-electron chi connectivity index (χ4n) is 1.33. The first-order chi connectivity index (χ1) is 6.54. The largest absolute Gasteiger partial charge is 0.488 e. The van der Waals surface area contributed by atoms with Crippen molar-refractivity contribution in [3.63, 3.8) is 0 Å². The number of nitrogens with one attached hydrogen (secondary N) is 1. The Morgan fingerprint density at radius 1 is 1.29 bits per heavy atom. The molecule has 1 aromatic heterocycles. The van der Waals surface area contributed by atoms with Crippen LogP contribution in [0, 0.1) is 0 Å². The van der Waals surface area contributed by atoms with Gasteiger partial charge in [0, 0.05) is 6.07 Å². The maximum absolute atomic E-state index is 5.73. The number of imidazole rings is 1. The summed E-state index contributed by atoms with van der Waals surface area (Å²) in [5, 5.41) is 0. The van der Waals surface area contributed by atoms with Gasteiger partial charge in [-0.3, -0.25) is 0 Å². The standard InChI is InChI=1S/C11H14N2O/c1-11(2,3)14-8-4-5-9-10(6-8)13-7-12-9/h4-7H,1-3H3,(H,12,13). The van der Waals surface area contributed by atoms with Crippen LogP contribution in [0.1, 0.15) is 20.8 Å². The third-order valence-corrected chi connectivity index (χ3v) is 1.82. The smallest absolute Gasteiger partial charge is 0.122 e. The van der Waals surface area contributed by atoms with Crippen molar-refractivity contribution < 1.29 is 4.74 Å². The van der Waals surface area contributed by atoms with Gasteiger partial charge in [0.15, 0.2) is 0 Å². The summed E-state index contributed by atoms with van der Waals surface area (Å²) in [7, 11) is 0. The van der Waals surface area contributed by atoms with Crippen LogP contribution in [-0.2, 0) is 0 Å². The van der Waals surface area contributed by atoms with Gasteiger partial charge in [0.1, 0.15) is 11.4 Å². The average Bonchev–Trinajstić information content (AvgIpc) is 2.47. The molecule has 1 aromatic carbocycles. The Kier molecular flexibility index (Phi) is 1.95. The van der Waals surface area contributed by atoms with E-state index in [1.54, 1.807) is 6.33 Å². The number of aromatic nitrogens is 2. The van der Waals surface area contributed by atoms with Crippen LogP contribution < -0.4 is 4.74 Å². The molecule has 1 N–H and O–H groups in total. The molecule has 0 radical (unpaired) electrons. The van der Waals surface area contributed by atoms with Crippen LogP contribution in [0.2, 0.25) is 0 Å². The fourth-order valence-corrected chi connectivity index (χ4v) is 1.33. The minimum absolute atomic E-state index is 0.159. The summed E-state index contributed by atoms with van der Waals surface area (Å²) in [4.78, 5) is 7.20. The zero-order valence-corrected chi connectivity index (χ0v) is 8.66. The second kappa shape index (κ2) is 3.01. The summed E-state index contributed by atoms with van der Waals surface area (Å²) < 4.78 is 5.73. The molecule has 3 nitrogen and oxygen atoms in total. The summed E-state index contributed by atoms with van der Waals surface area (Å²) in [6.45, 7) is 6.10. The van der Waals surface area contributed by atoms with E-state index in [1.807, 2.05) is 39.0 Å². The predicted octanol–water partition coefficient (Wildman–Crippen LogP) is 2.74. The molecule has 1 heterocycles. The van der Waals surface area contributed by atoms with Crippen LogP contribution in [0.3, 0.4) is 0 Å². The predicted molar refractivity (Wildman–Crippen MR) is 56.5 cm³/mol. The van der Waals surface area contributed by atoms with Crippen molar-refractivity contribution in [1.29, 1.82) is 0 Å². The number of fused-ring (bicyclic) bond motifs is 1. The molecular weight excluding hydrogens is 176 g/mol. The molecular formula is C11H14N2O. The van der Waals surface area contributed by atoms with E-state index in [9.17, 15) is 0 Å². The number of ether oxygens (including phenoxy) is 1. The molecule has 0 spiro atoms. The molecule has 2 aromatic rings. The monoisotopic (exact) mass is 190 g/mol. The molecule has 0 saturated heterocycles. The Bertz CT molecular complexity index is 440. The molecule has 2 rings (SSSR count). The van der Waals surface area contributed by atoms with Crippen LogP contribution in [-0.4, -0.2) is 15.6 Å². The van der Waals surface area contributed by atoms with Gasteiger partial charge >= 0.3 is 0 Å². The maximum Gasteiger partial charge on any atom is 0.122 e. The van der Waals surface area contributed by atoms with Gasteiger partial charge in [-0.25, -0.2) is 4.98 Å². The Balaban J connectivity index is 2.35. The highest BCUT2D eigenvalue weighted by molar-refractivity contribution is 5.75. The van der Waals surface area contributed by atoms with Gasteiger partial charge in [-0.05, 0) is 32.9 Å². The van der Waals surface area contributed by atoms with E-state index >= 15 is 0 Å². The second-order valence-electron chi connectivity index (χ2n) is 4.30. The molecule has 14 heavy (non-hydrogen) atoms. The second-order valence-corrected chi connectivity index (χ2v) is 4.30. The molecule has 0 aliphatic rings. The van der Waals surface area contributed by atoms with Gasteiger partial charge < -0.3 is 9.72 Å². The summed E-state index contributed by atoms with van der Waals surface area (Å²) in [6, 6.07) is 5.86. The quantitative estimate of drug-likeness (QED) is 0.750. The normalized spacial score (nSPS) is 11.9. The van der Waals surface area contributed by atoms with Crippen molar-refractivity contribution >= 4 is 11.0 Å². The van der Waals surface area contributed by atoms with Crippen LogP contribution in [0.5, 0.6) is 5.75 Å². The number of aromatic amines is 1. The van der Waals surface area contributed by atoms with E-state index in [0.717, 1.165) is 16.8 Å². The topological polar surface area (TPSA) is 37.9 Å². The molecule has 0 atom stereocenters. The molecule has 0 unspecified atom stereocenters. The lowest BCUT2D eigenvalue weighted by Crippen LogP contribution is -2.22. The van der Waals surface area contributed by atoms with Crippen LogP contribution in [0.25, 0.3) is 11.0 Å². The highest BCUT2D eigenvalue weighted by Gasteiger charge is 2.11. The van der Waals surface area contributed by atoms with Gasteiger partial charge in [-0.1, -0.05) is 0 Å². The number of rotatable bonds is 1. The van der Waals surface area contributed by atoms with Gasteiger partial charge in [0.25, 0.3) is 0 Å². The molecule has 3 heteroatoms. The Morgan fingerprint density at radius 2 is 2.07 bits per heavy atom. The third kappa shape index (κ3) is 1.87. The first-order valence-electron chi connectivity index (χ1n) is 4.67. The van der Waals surface area contributed by atoms with Crippen molar-refractivity contribution in [3.05, 3.63) is 24.5 Å². The van der Waals surface area contributed by atoms with E-state index in [2.05, 4.69) is 9.97 Å². The Morgan fingerprint density at radius 3 is 2.79 bits per heavy atom. The number of nitrogens with zero attached hydrogens (tertiary/aromatic N) is 1. The lowest BCUT2D eigenvalue weighted by molar-refractivity contribution is 0.131. The summed E-state index contributed by atoms with van der Waals surface area (Å²) in [5.74, 6) is 0.870. The van der Waals surface area contributed by atoms with Crippen LogP contribution >= 0.6 is 0 Å². The van der Waals surface area contributed by atoms with Crippen molar-refractivity contribution in [2.75, 3.05) is 0 Å². The lowest BCUT2D eigenvalue weighted by Gasteiger charge is -2.21. The first-order valence-corrected chi connectivity index (χ1v) is 4.67. The van der Waals surface area contributed by atoms with Crippen LogP contribution in [0.15, 0.2) is 24.5 Å². The minimum atomic E-state index is -0.159. The summed E-state index contributed by atoms with van der Waals surface area (Å²) in [5.41, 5.74) is 1.81. The summed E-state index contributed by atoms with van der Waals surface area (Å²) >= 11 is 0. The first kappa shape index (κ1) is 9.06. The molecule has 0 aliphatic heterocycles. The van der Waals surface area contributed by atoms with Gasteiger partial charge in [0.05, 0.1) is 17.4 Å². The van der Waals surface area contributed by atoms with E-state index in [-0.39, 0.29) is 5.60 Å². The van der Waals surface area contributed by atoms with Crippen molar-refractivity contribution in [2.45, 2.75) is 26.4 Å². The molecule has 0 aliphatic carbocycles. The zero-order chi connectivity index (χ0) is 10.2. The molecule has 0 bridgehead atoms. The van der Waals surface area contributed by atoms with Crippen LogP contribution in [0.4, 0.5) is 0 Å². The van der Waals surface area contributed by atoms with Crippen molar-refractivity contribution in [1.82, 2.24) is 9.97 Å². The van der Waals surface area contributed by atoms with E-state index in [4.69, 9.17) is 4.74 Å². The molecule has 74 valence electrons. The average molecular weight is 190 g/mol. The molecule has 0 fully saturated rings. The Hall–Kier alpha value is -1.51. The number of benzene rings is 1. The highest BCUT2D eigenvalue weighted by atomic mass is 16.5. The van der Waals surface area contributed by atoms with Gasteiger partial charge in [-0.2, -0.15) is 0 Å². The van der Waals surface area contributed by atoms with E-state index in [1.165, 1.54) is 0 Å². The minimum Gasteiger partial charge on any atom is -0.488 e. The highest BCUT2D eigenvalue weighted by Crippen LogP contribution is 2.21. The van der Waals surface area contributed by atoms with Gasteiger partial charge in [0.2, 0.25) is 0 Å². The fraction of sp³-hybridized carbons (Fsp3) is 0.364. The SMILES string of the molecule is CC(C)(C)Oc1ccc2nc[nH]c2c1. The third-order valence-electron chi connectivity index (χ3n) is 1.82. The summed E-state index contributed by atoms with van der Waals surface area (Å²) in [6.07, 6.45) is 1.69. The lowest BCUT2D eigenvalue weighted by atomic mass is 10.2. The van der Waals surface area contributed by atoms with Crippen molar-refractivity contribution in [2.24, 2.45) is 0 Å². The van der Waals surface area contributed by atoms with E-state index < -0.39 is 0 Å². The number of H-pyrrole nitrogens is 1. The number of hydrogen-bond donors (Lipinski definition) is 1. The number of hydrogen-bond acceptors (Lipinski definition) is 2. The van der Waals surface area contributed by atoms with Gasteiger partial charge in [-0.15, -0.1) is 0 Å². The van der Waals surface area contributed by atoms with E-state index in [0.29, 0.717) is 0 Å². The molecule has 0 amide bonds.